The molecule has 0 saturated carbocycles. The average Bonchev–Trinajstić information content (AvgIpc) is 3.57. The van der Waals surface area contributed by atoms with Crippen LogP contribution in [0.4, 0.5) is 5.82 Å². The van der Waals surface area contributed by atoms with Gasteiger partial charge in [0.05, 0.1) is 29.8 Å². The number of imidazole rings is 1. The lowest BCUT2D eigenvalue weighted by Gasteiger charge is -2.25. The summed E-state index contributed by atoms with van der Waals surface area (Å²) < 4.78 is 19.7. The van der Waals surface area contributed by atoms with E-state index in [1.54, 1.807) is 23.0 Å². The molecule has 1 amide bonds. The lowest BCUT2D eigenvalue weighted by atomic mass is 10.2. The van der Waals surface area contributed by atoms with Crippen molar-refractivity contribution in [3.05, 3.63) is 36.7 Å². The second kappa shape index (κ2) is 9.77. The molecule has 1 fully saturated rings. The topological polar surface area (TPSA) is 107 Å². The molecule has 1 atom stereocenters. The number of amides is 1. The highest BCUT2D eigenvalue weighted by Gasteiger charge is 2.22. The molecule has 0 radical (unpaired) electrons. The molecule has 4 aromatic rings. The van der Waals surface area contributed by atoms with Gasteiger partial charge in [0, 0.05) is 31.8 Å². The first kappa shape index (κ1) is 24.1. The summed E-state index contributed by atoms with van der Waals surface area (Å²) >= 11 is 0. The summed E-state index contributed by atoms with van der Waals surface area (Å²) in [5.41, 5.74) is 1.95. The summed E-state index contributed by atoms with van der Waals surface area (Å²) in [5, 5.41) is 8.44. The minimum atomic E-state index is -0.189. The van der Waals surface area contributed by atoms with Crippen LogP contribution in [0.15, 0.2) is 41.1 Å². The first-order valence-electron chi connectivity index (χ1n) is 12.4. The third kappa shape index (κ3) is 5.13. The van der Waals surface area contributed by atoms with E-state index in [4.69, 9.17) is 13.9 Å². The van der Waals surface area contributed by atoms with Crippen molar-refractivity contribution < 1.29 is 18.7 Å². The Balaban J connectivity index is 1.40. The Morgan fingerprint density at radius 2 is 2.11 bits per heavy atom. The third-order valence-corrected chi connectivity index (χ3v) is 6.11. The highest BCUT2D eigenvalue weighted by molar-refractivity contribution is 5.91. The Morgan fingerprint density at radius 3 is 2.86 bits per heavy atom. The molecular formula is C26H32N6O4. The number of likely N-dealkylation sites (N-methyl/N-ethyl adjacent to an activating group) is 1. The largest absolute Gasteiger partial charge is 0.474 e. The van der Waals surface area contributed by atoms with Gasteiger partial charge in [0.15, 0.2) is 11.4 Å². The summed E-state index contributed by atoms with van der Waals surface area (Å²) in [5.74, 6) is 2.01. The molecule has 1 saturated heterocycles. The molecule has 1 unspecified atom stereocenters. The summed E-state index contributed by atoms with van der Waals surface area (Å²) in [6.07, 6.45) is 4.81. The molecule has 5 rings (SSSR count). The zero-order valence-corrected chi connectivity index (χ0v) is 21.2. The molecule has 1 aliphatic heterocycles. The third-order valence-electron chi connectivity index (χ3n) is 6.11. The van der Waals surface area contributed by atoms with E-state index in [2.05, 4.69) is 53.0 Å². The van der Waals surface area contributed by atoms with Gasteiger partial charge in [0.2, 0.25) is 11.8 Å². The number of carbonyl (C=O) groups excluding carboxylic acids is 1. The van der Waals surface area contributed by atoms with E-state index in [1.807, 2.05) is 18.2 Å². The standard InChI is InChI=1S/C26H32N6O4/c1-5-31(12-13-35-26(2,3)4)25-18-14-21(36-20(18)10-11-27-25)19-15-28-22-7-9-24(30-32(19)22)34-16-17-6-8-23(33)29-17/h7,9-11,14-15,17H,5-6,8,12-13,16H2,1-4H3,(H,29,33). The van der Waals surface area contributed by atoms with Gasteiger partial charge in [-0.3, -0.25) is 4.79 Å². The zero-order valence-electron chi connectivity index (χ0n) is 21.2. The van der Waals surface area contributed by atoms with Crippen LogP contribution in [0.1, 0.15) is 40.5 Å². The number of ether oxygens (including phenoxy) is 2. The van der Waals surface area contributed by atoms with Gasteiger partial charge in [-0.25, -0.2) is 14.5 Å². The Morgan fingerprint density at radius 1 is 1.25 bits per heavy atom. The van der Waals surface area contributed by atoms with Crippen LogP contribution >= 0.6 is 0 Å². The minimum absolute atomic E-state index is 0.00820. The second-order valence-corrected chi connectivity index (χ2v) is 9.90. The first-order chi connectivity index (χ1) is 17.3. The fourth-order valence-corrected chi connectivity index (χ4v) is 4.29. The predicted molar refractivity (Wildman–Crippen MR) is 136 cm³/mol. The van der Waals surface area contributed by atoms with E-state index in [0.29, 0.717) is 42.6 Å². The van der Waals surface area contributed by atoms with Crippen LogP contribution in [0.3, 0.4) is 0 Å². The Hall–Kier alpha value is -3.66. The molecule has 0 aromatic carbocycles. The first-order valence-corrected chi connectivity index (χ1v) is 12.4. The van der Waals surface area contributed by atoms with Gasteiger partial charge in [0.1, 0.15) is 23.7 Å². The van der Waals surface area contributed by atoms with Crippen LogP contribution in [-0.4, -0.2) is 63.4 Å². The normalized spacial score (nSPS) is 16.1. The monoisotopic (exact) mass is 492 g/mol. The summed E-state index contributed by atoms with van der Waals surface area (Å²) in [6.45, 7) is 10.8. The molecule has 4 aromatic heterocycles. The van der Waals surface area contributed by atoms with Crippen molar-refractivity contribution in [3.8, 4) is 17.3 Å². The van der Waals surface area contributed by atoms with Gasteiger partial charge in [0.25, 0.3) is 0 Å². The molecule has 36 heavy (non-hydrogen) atoms. The number of nitrogens with zero attached hydrogens (tertiary/aromatic N) is 5. The quantitative estimate of drug-likeness (QED) is 0.376. The molecule has 10 nitrogen and oxygen atoms in total. The van der Waals surface area contributed by atoms with Crippen LogP contribution in [0.5, 0.6) is 5.88 Å². The fraction of sp³-hybridized carbons (Fsp3) is 0.462. The maximum atomic E-state index is 11.4. The van der Waals surface area contributed by atoms with Gasteiger partial charge >= 0.3 is 0 Å². The number of anilines is 1. The zero-order chi connectivity index (χ0) is 25.3. The second-order valence-electron chi connectivity index (χ2n) is 9.90. The van der Waals surface area contributed by atoms with Gasteiger partial charge in [-0.15, -0.1) is 5.10 Å². The Labute approximate surface area is 209 Å². The molecule has 10 heteroatoms. The number of hydrogen-bond acceptors (Lipinski definition) is 8. The minimum Gasteiger partial charge on any atom is -0.474 e. The van der Waals surface area contributed by atoms with Crippen molar-refractivity contribution in [2.45, 2.75) is 52.2 Å². The molecule has 1 N–H and O–H groups in total. The van der Waals surface area contributed by atoms with Crippen LogP contribution < -0.4 is 15.0 Å². The molecule has 5 heterocycles. The molecular weight excluding hydrogens is 460 g/mol. The Bertz CT molecular complexity index is 1370. The molecule has 0 spiro atoms. The van der Waals surface area contributed by atoms with E-state index in [-0.39, 0.29) is 17.6 Å². The van der Waals surface area contributed by atoms with Crippen LogP contribution in [-0.2, 0) is 9.53 Å². The highest BCUT2D eigenvalue weighted by atomic mass is 16.5. The van der Waals surface area contributed by atoms with Gasteiger partial charge < -0.3 is 24.1 Å². The van der Waals surface area contributed by atoms with Crippen molar-refractivity contribution in [2.75, 3.05) is 31.2 Å². The SMILES string of the molecule is CCN(CCOC(C)(C)C)c1nccc2oc(-c3cnc4ccc(OCC5CCC(=O)N5)nn34)cc12. The van der Waals surface area contributed by atoms with Crippen LogP contribution in [0.2, 0.25) is 0 Å². The van der Waals surface area contributed by atoms with E-state index >= 15 is 0 Å². The van der Waals surface area contributed by atoms with Crippen molar-refractivity contribution in [1.82, 2.24) is 24.9 Å². The van der Waals surface area contributed by atoms with Crippen molar-refractivity contribution >= 4 is 28.3 Å². The fourth-order valence-electron chi connectivity index (χ4n) is 4.29. The predicted octanol–water partition coefficient (Wildman–Crippen LogP) is 3.84. The number of nitrogens with one attached hydrogen (secondary N) is 1. The summed E-state index contributed by atoms with van der Waals surface area (Å²) in [7, 11) is 0. The molecule has 190 valence electrons. The molecule has 0 aliphatic carbocycles. The smallest absolute Gasteiger partial charge is 0.231 e. The summed E-state index contributed by atoms with van der Waals surface area (Å²) in [4.78, 5) is 22.8. The van der Waals surface area contributed by atoms with Gasteiger partial charge in [-0.2, -0.15) is 0 Å². The molecule has 1 aliphatic rings. The molecule has 0 bridgehead atoms. The van der Waals surface area contributed by atoms with E-state index < -0.39 is 0 Å². The van der Waals surface area contributed by atoms with Gasteiger partial charge in [-0.05, 0) is 52.3 Å². The van der Waals surface area contributed by atoms with Crippen molar-refractivity contribution in [3.63, 3.8) is 0 Å². The summed E-state index contributed by atoms with van der Waals surface area (Å²) in [6, 6.07) is 7.49. The highest BCUT2D eigenvalue weighted by Crippen LogP contribution is 2.33. The van der Waals surface area contributed by atoms with E-state index in [0.717, 1.165) is 36.3 Å². The maximum Gasteiger partial charge on any atom is 0.231 e. The number of rotatable bonds is 9. The van der Waals surface area contributed by atoms with Crippen molar-refractivity contribution in [2.24, 2.45) is 0 Å². The lowest BCUT2D eigenvalue weighted by molar-refractivity contribution is -0.119. The van der Waals surface area contributed by atoms with E-state index in [9.17, 15) is 4.79 Å². The number of carbonyl (C=O) groups is 1. The van der Waals surface area contributed by atoms with E-state index in [1.165, 1.54) is 0 Å². The Kier molecular flexibility index (Phi) is 6.53. The number of aromatic nitrogens is 4. The van der Waals surface area contributed by atoms with Crippen molar-refractivity contribution in [1.29, 1.82) is 0 Å². The number of furan rings is 1. The van der Waals surface area contributed by atoms with Crippen LogP contribution in [0, 0.1) is 0 Å². The average molecular weight is 493 g/mol. The number of hydrogen-bond donors (Lipinski definition) is 1. The number of fused-ring (bicyclic) bond motifs is 2. The number of pyridine rings is 1. The lowest BCUT2D eigenvalue weighted by Crippen LogP contribution is -2.31. The van der Waals surface area contributed by atoms with Crippen LogP contribution in [0.25, 0.3) is 28.1 Å². The maximum absolute atomic E-state index is 11.4. The van der Waals surface area contributed by atoms with Gasteiger partial charge in [-0.1, -0.05) is 0 Å².